The van der Waals surface area contributed by atoms with Crippen molar-refractivity contribution in [3.8, 4) is 28.4 Å². The van der Waals surface area contributed by atoms with Crippen molar-refractivity contribution in [2.45, 2.75) is 70.7 Å². The molecule has 47 heavy (non-hydrogen) atoms. The molecule has 2 aromatic heterocycles. The maximum atomic E-state index is 12.7. The Labute approximate surface area is 282 Å². The van der Waals surface area contributed by atoms with Crippen molar-refractivity contribution in [1.29, 1.82) is 0 Å². The van der Waals surface area contributed by atoms with Crippen LogP contribution in [-0.4, -0.2) is 87.3 Å². The monoisotopic (exact) mass is 698 g/mol. The quantitative estimate of drug-likeness (QED) is 0.110. The third-order valence-electron chi connectivity index (χ3n) is 8.56. The molecule has 252 valence electrons. The number of anilines is 1. The number of rotatable bonds is 11. The molecule has 0 spiro atoms. The summed E-state index contributed by atoms with van der Waals surface area (Å²) in [7, 11) is -3.55. The number of aliphatic hydroxyl groups excluding tert-OH is 1. The molecule has 2 fully saturated rings. The molecule has 2 aromatic carbocycles. The number of aromatic nitrogens is 3. The Balaban J connectivity index is 1.27. The average molecular weight is 699 g/mol. The minimum Gasteiger partial charge on any atom is -0.456 e. The molecule has 1 unspecified atom stereocenters. The van der Waals surface area contributed by atoms with Crippen LogP contribution in [0.2, 0.25) is 30.7 Å². The van der Waals surface area contributed by atoms with Crippen LogP contribution in [0.3, 0.4) is 0 Å². The number of fused-ring (bicyclic) bond motifs is 2. The van der Waals surface area contributed by atoms with E-state index in [2.05, 4.69) is 24.4 Å². The van der Waals surface area contributed by atoms with Crippen molar-refractivity contribution < 1.29 is 28.3 Å². The molecule has 6 rings (SSSR count). The van der Waals surface area contributed by atoms with Crippen LogP contribution in [0.1, 0.15) is 13.8 Å². The standard InChI is InChI=1S/C34H43ClN4O6SSi/c1-21(2)46(3,41)38-25-13-11-23(12-14-25)22-7-9-24(10-8-22)30-26(35)17-27-33(37-30)39(20-42-15-16-47(4,5)6)34(36-27)45-29-19-44-31-28(40)18-43-32(29)31/h7-14,17,28-29,31-32,40H,15-16,18-20H2,1-6H3,(H,38,41)/t28-,29-,31-,32-,46?/m1/s1. The molecule has 0 saturated carbocycles. The number of nitrogens with one attached hydrogen (secondary N) is 1. The normalized spacial score (nSPS) is 22.3. The van der Waals surface area contributed by atoms with Crippen molar-refractivity contribution in [3.63, 3.8) is 0 Å². The molecule has 0 amide bonds. The van der Waals surface area contributed by atoms with Crippen LogP contribution in [0.15, 0.2) is 54.6 Å². The van der Waals surface area contributed by atoms with Gasteiger partial charge in [-0.25, -0.2) is 9.19 Å². The lowest BCUT2D eigenvalue weighted by Crippen LogP contribution is -2.35. The smallest absolute Gasteiger partial charge is 0.301 e. The summed E-state index contributed by atoms with van der Waals surface area (Å²) >= 11 is 6.81. The lowest BCUT2D eigenvalue weighted by atomic mass is 10.0. The number of nitrogens with zero attached hydrogens (tertiary/aromatic N) is 3. The van der Waals surface area contributed by atoms with Gasteiger partial charge in [-0.2, -0.15) is 4.98 Å². The van der Waals surface area contributed by atoms with Crippen molar-refractivity contribution in [3.05, 3.63) is 59.6 Å². The topological polar surface area (TPSA) is 117 Å². The zero-order valence-corrected chi connectivity index (χ0v) is 30.2. The number of halogens is 1. The van der Waals surface area contributed by atoms with E-state index < -0.39 is 36.1 Å². The molecule has 4 heterocycles. The molecule has 2 saturated heterocycles. The fourth-order valence-electron chi connectivity index (χ4n) is 5.51. The first-order chi connectivity index (χ1) is 22.3. The third kappa shape index (κ3) is 7.54. The van der Waals surface area contributed by atoms with E-state index in [0.29, 0.717) is 34.5 Å². The Morgan fingerprint density at radius 3 is 2.32 bits per heavy atom. The predicted molar refractivity (Wildman–Crippen MR) is 191 cm³/mol. The number of imidazole rings is 1. The van der Waals surface area contributed by atoms with Crippen molar-refractivity contribution in [2.24, 2.45) is 0 Å². The second-order valence-corrected chi connectivity index (χ2v) is 22.4. The molecule has 2 N–H and O–H groups in total. The van der Waals surface area contributed by atoms with Crippen molar-refractivity contribution in [1.82, 2.24) is 14.5 Å². The summed E-state index contributed by atoms with van der Waals surface area (Å²) in [6, 6.07) is 19.1. The molecule has 13 heteroatoms. The van der Waals surface area contributed by atoms with Gasteiger partial charge in [-0.1, -0.05) is 67.6 Å². The first-order valence-corrected chi connectivity index (χ1v) is 21.8. The number of hydrogen-bond acceptors (Lipinski definition) is 8. The van der Waals surface area contributed by atoms with Gasteiger partial charge in [0.25, 0.3) is 0 Å². The average Bonchev–Trinajstić information content (AvgIpc) is 3.69. The molecular formula is C34H43ClN4O6SSi. The lowest BCUT2D eigenvalue weighted by Gasteiger charge is -2.19. The highest BCUT2D eigenvalue weighted by Gasteiger charge is 2.49. The molecule has 10 nitrogen and oxygen atoms in total. The highest BCUT2D eigenvalue weighted by atomic mass is 35.5. The Bertz CT molecular complexity index is 1860. The van der Waals surface area contributed by atoms with Gasteiger partial charge < -0.3 is 28.8 Å². The molecule has 4 aromatic rings. The van der Waals surface area contributed by atoms with E-state index in [-0.39, 0.29) is 26.0 Å². The van der Waals surface area contributed by atoms with E-state index >= 15 is 0 Å². The number of ether oxygens (including phenoxy) is 4. The minimum absolute atomic E-state index is 0.210. The van der Waals surface area contributed by atoms with Gasteiger partial charge in [-0.05, 0) is 54.1 Å². The largest absolute Gasteiger partial charge is 0.456 e. The molecule has 0 aliphatic carbocycles. The number of aliphatic hydroxyl groups is 1. The summed E-state index contributed by atoms with van der Waals surface area (Å²) < 4.78 is 41.8. The van der Waals surface area contributed by atoms with Gasteiger partial charge in [-0.15, -0.1) is 0 Å². The number of pyridine rings is 1. The minimum atomic E-state index is -2.25. The van der Waals surface area contributed by atoms with Crippen LogP contribution in [0.25, 0.3) is 33.5 Å². The van der Waals surface area contributed by atoms with E-state index in [4.69, 9.17) is 40.5 Å². The molecular weight excluding hydrogens is 656 g/mol. The summed E-state index contributed by atoms with van der Waals surface area (Å²) in [6.07, 6.45) is -0.184. The first-order valence-electron chi connectivity index (χ1n) is 15.8. The molecule has 0 radical (unpaired) electrons. The maximum absolute atomic E-state index is 12.7. The lowest BCUT2D eigenvalue weighted by molar-refractivity contribution is 0.00336. The Hall–Kier alpha value is -2.97. The predicted octanol–water partition coefficient (Wildman–Crippen LogP) is 6.09. The highest BCUT2D eigenvalue weighted by molar-refractivity contribution is 8.02. The van der Waals surface area contributed by atoms with E-state index in [0.717, 1.165) is 33.3 Å². The zero-order chi connectivity index (χ0) is 33.5. The van der Waals surface area contributed by atoms with Gasteiger partial charge in [0.05, 0.1) is 23.9 Å². The Morgan fingerprint density at radius 1 is 1.02 bits per heavy atom. The molecule has 2 aliphatic heterocycles. The van der Waals surface area contributed by atoms with E-state index in [1.807, 2.05) is 66.9 Å². The fraction of sp³-hybridized carbons (Fsp3) is 0.441. The van der Waals surface area contributed by atoms with Crippen LogP contribution in [0.5, 0.6) is 6.01 Å². The van der Waals surface area contributed by atoms with Crippen LogP contribution in [0.4, 0.5) is 5.69 Å². The molecule has 2 aliphatic rings. The summed E-state index contributed by atoms with van der Waals surface area (Å²) in [5.41, 5.74) is 5.52. The van der Waals surface area contributed by atoms with Crippen LogP contribution in [0, 0.1) is 0 Å². The van der Waals surface area contributed by atoms with Gasteiger partial charge in [-0.3, -0.25) is 4.57 Å². The molecule has 0 bridgehead atoms. The summed E-state index contributed by atoms with van der Waals surface area (Å²) in [6.45, 7) is 12.0. The van der Waals surface area contributed by atoms with Crippen molar-refractivity contribution >= 4 is 51.1 Å². The van der Waals surface area contributed by atoms with E-state index in [1.165, 1.54) is 0 Å². The van der Waals surface area contributed by atoms with Gasteiger partial charge in [0.1, 0.15) is 30.6 Å². The SMILES string of the molecule is CC(C)=S(C)(=O)Nc1ccc(-c2ccc(-c3nc4c(cc3Cl)nc(O[C@@H]3CO[C@H]5[C@@H]3OC[C@H]5O)n4COCC[Si](C)(C)C)cc2)cc1. The van der Waals surface area contributed by atoms with Gasteiger partial charge in [0.2, 0.25) is 0 Å². The number of hydrogen-bond donors (Lipinski definition) is 2. The number of benzene rings is 2. The van der Waals surface area contributed by atoms with Gasteiger partial charge in [0.15, 0.2) is 11.8 Å². The third-order valence-corrected chi connectivity index (χ3v) is 12.7. The van der Waals surface area contributed by atoms with Crippen LogP contribution < -0.4 is 9.46 Å². The zero-order valence-electron chi connectivity index (χ0n) is 27.7. The fourth-order valence-corrected chi connectivity index (χ4v) is 7.31. The van der Waals surface area contributed by atoms with Crippen molar-refractivity contribution in [2.75, 3.05) is 30.8 Å². The van der Waals surface area contributed by atoms with Crippen LogP contribution >= 0.6 is 11.6 Å². The second-order valence-electron chi connectivity index (χ2n) is 13.7. The summed E-state index contributed by atoms with van der Waals surface area (Å²) in [5.74, 6) is 0. The van der Waals surface area contributed by atoms with Gasteiger partial charge in [0, 0.05) is 41.9 Å². The van der Waals surface area contributed by atoms with E-state index in [1.54, 1.807) is 12.3 Å². The summed E-state index contributed by atoms with van der Waals surface area (Å²) in [4.78, 5) is 10.6. The maximum Gasteiger partial charge on any atom is 0.301 e. The Kier molecular flexibility index (Phi) is 9.74. The van der Waals surface area contributed by atoms with Gasteiger partial charge >= 0.3 is 6.01 Å². The van der Waals surface area contributed by atoms with Crippen LogP contribution in [-0.2, 0) is 30.6 Å². The summed E-state index contributed by atoms with van der Waals surface area (Å²) in [5, 5.41) is 10.7. The van der Waals surface area contributed by atoms with E-state index in [9.17, 15) is 9.32 Å². The molecule has 5 atom stereocenters. The first kappa shape index (κ1) is 33.9. The second kappa shape index (κ2) is 13.5. The highest BCUT2D eigenvalue weighted by Crippen LogP contribution is 2.35. The Morgan fingerprint density at radius 2 is 1.66 bits per heavy atom.